The van der Waals surface area contributed by atoms with E-state index in [9.17, 15) is 22.7 Å². The quantitative estimate of drug-likeness (QED) is 0.542. The largest absolute Gasteiger partial charge is 0.396 e. The Morgan fingerprint density at radius 3 is 2.52 bits per heavy atom. The summed E-state index contributed by atoms with van der Waals surface area (Å²) < 4.78 is 42.3. The van der Waals surface area contributed by atoms with Crippen LogP contribution in [0.15, 0.2) is 59.6 Å². The Morgan fingerprint density at radius 2 is 1.86 bits per heavy atom. The highest BCUT2D eigenvalue weighted by atomic mass is 32.2. The molecule has 0 saturated heterocycles. The number of aliphatic hydroxyl groups excluding tert-OH is 1. The van der Waals surface area contributed by atoms with E-state index in [2.05, 4.69) is 0 Å². The van der Waals surface area contributed by atoms with Gasteiger partial charge in [-0.3, -0.25) is 0 Å². The van der Waals surface area contributed by atoms with E-state index in [1.807, 2.05) is 35.0 Å². The summed E-state index contributed by atoms with van der Waals surface area (Å²) in [5.41, 5.74) is 1.75. The van der Waals surface area contributed by atoms with Crippen molar-refractivity contribution >= 4 is 27.2 Å². The van der Waals surface area contributed by atoms with Gasteiger partial charge in [0.05, 0.1) is 4.90 Å². The van der Waals surface area contributed by atoms with E-state index in [1.54, 1.807) is 0 Å². The summed E-state index contributed by atoms with van der Waals surface area (Å²) in [6, 6.07) is 11.7. The number of hydrogen-bond acceptors (Lipinski definition) is 4. The fourth-order valence-corrected chi connectivity index (χ4v) is 4.84. The highest BCUT2D eigenvalue weighted by Crippen LogP contribution is 2.25. The molecule has 0 fully saturated rings. The molecule has 0 aliphatic rings. The molecule has 3 rings (SSSR count). The van der Waals surface area contributed by atoms with Crippen molar-refractivity contribution < 1.29 is 22.7 Å². The number of rotatable bonds is 9. The van der Waals surface area contributed by atoms with E-state index < -0.39 is 21.9 Å². The lowest BCUT2D eigenvalue weighted by atomic mass is 10.1. The fourth-order valence-electron chi connectivity index (χ4n) is 3.46. The summed E-state index contributed by atoms with van der Waals surface area (Å²) in [5.74, 6) is -0.514. The molecule has 0 amide bonds. The number of fused-ring (bicyclic) bond motifs is 1. The van der Waals surface area contributed by atoms with E-state index >= 15 is 0 Å². The van der Waals surface area contributed by atoms with E-state index in [-0.39, 0.29) is 24.3 Å². The van der Waals surface area contributed by atoms with E-state index in [0.717, 1.165) is 34.9 Å². The van der Waals surface area contributed by atoms with Gasteiger partial charge < -0.3 is 14.5 Å². The van der Waals surface area contributed by atoms with Gasteiger partial charge in [0.25, 0.3) is 0 Å². The number of likely N-dealkylation sites (N-methyl/N-ethyl adjacent to an activating group) is 1. The predicted octanol–water partition coefficient (Wildman–Crippen LogP) is 2.59. The maximum Gasteiger partial charge on any atom is 0.243 e. The van der Waals surface area contributed by atoms with Gasteiger partial charge in [0.1, 0.15) is 12.1 Å². The summed E-state index contributed by atoms with van der Waals surface area (Å²) in [7, 11) is -2.41. The van der Waals surface area contributed by atoms with Crippen LogP contribution < -0.4 is 0 Å². The van der Waals surface area contributed by atoms with E-state index in [4.69, 9.17) is 0 Å². The Hall–Kier alpha value is -2.55. The van der Waals surface area contributed by atoms with Crippen molar-refractivity contribution in [2.24, 2.45) is 0 Å². The fraction of sp³-hybridized carbons (Fsp3) is 0.286. The van der Waals surface area contributed by atoms with Crippen molar-refractivity contribution in [1.29, 1.82) is 0 Å². The summed E-state index contributed by atoms with van der Waals surface area (Å²) in [5, 5.41) is 10.4. The highest BCUT2D eigenvalue weighted by Gasteiger charge is 2.28. The topological polar surface area (TPSA) is 79.6 Å². The van der Waals surface area contributed by atoms with Crippen LogP contribution in [-0.4, -0.2) is 48.4 Å². The maximum absolute atomic E-state index is 13.2. The van der Waals surface area contributed by atoms with Crippen LogP contribution in [0.2, 0.25) is 0 Å². The van der Waals surface area contributed by atoms with Crippen LogP contribution in [0.3, 0.4) is 0 Å². The molecule has 0 aliphatic heterocycles. The molecule has 154 valence electrons. The zero-order chi connectivity index (χ0) is 21.0. The number of sulfonamides is 1. The molecule has 1 N–H and O–H groups in total. The first-order valence-corrected chi connectivity index (χ1v) is 10.7. The van der Waals surface area contributed by atoms with Gasteiger partial charge in [-0.25, -0.2) is 12.8 Å². The van der Waals surface area contributed by atoms with Gasteiger partial charge in [-0.15, -0.1) is 0 Å². The van der Waals surface area contributed by atoms with Crippen molar-refractivity contribution in [3.8, 4) is 0 Å². The molecule has 8 heteroatoms. The van der Waals surface area contributed by atoms with Crippen molar-refractivity contribution in [1.82, 2.24) is 8.87 Å². The Labute approximate surface area is 169 Å². The molecule has 1 aromatic heterocycles. The van der Waals surface area contributed by atoms with Crippen LogP contribution in [0.5, 0.6) is 0 Å². The first-order valence-electron chi connectivity index (χ1n) is 9.23. The third kappa shape index (κ3) is 4.39. The SMILES string of the molecule is CN([C@H](CCO)Cn1cc(CC=O)c2ccccc21)S(=O)(=O)c1ccc(F)cc1. The number of aliphatic hydroxyl groups is 1. The van der Waals surface area contributed by atoms with Crippen LogP contribution in [0.4, 0.5) is 4.39 Å². The zero-order valence-corrected chi connectivity index (χ0v) is 16.8. The number of carbonyl (C=O) groups excluding carboxylic acids is 1. The number of halogens is 1. The maximum atomic E-state index is 13.2. The Kier molecular flexibility index (Phi) is 6.46. The molecule has 0 bridgehead atoms. The second-order valence-corrected chi connectivity index (χ2v) is 8.83. The molecule has 1 heterocycles. The molecule has 0 spiro atoms. The van der Waals surface area contributed by atoms with Gasteiger partial charge in [0.2, 0.25) is 10.0 Å². The summed E-state index contributed by atoms with van der Waals surface area (Å²) in [6.45, 7) is 0.116. The van der Waals surface area contributed by atoms with Gasteiger partial charge in [-0.1, -0.05) is 18.2 Å². The first-order chi connectivity index (χ1) is 13.9. The minimum Gasteiger partial charge on any atom is -0.396 e. The third-order valence-electron chi connectivity index (χ3n) is 5.05. The molecule has 6 nitrogen and oxygen atoms in total. The number of para-hydroxylation sites is 1. The number of nitrogens with zero attached hydrogens (tertiary/aromatic N) is 2. The number of hydrogen-bond donors (Lipinski definition) is 1. The molecule has 3 aromatic rings. The van der Waals surface area contributed by atoms with Crippen molar-refractivity contribution in [3.05, 3.63) is 66.1 Å². The minimum atomic E-state index is -3.87. The van der Waals surface area contributed by atoms with Gasteiger partial charge in [0.15, 0.2) is 0 Å². The van der Waals surface area contributed by atoms with Crippen LogP contribution in [0, 0.1) is 5.82 Å². The summed E-state index contributed by atoms with van der Waals surface area (Å²) >= 11 is 0. The lowest BCUT2D eigenvalue weighted by Crippen LogP contribution is -2.40. The molecule has 1 atom stereocenters. The van der Waals surface area contributed by atoms with E-state index in [0.29, 0.717) is 6.54 Å². The van der Waals surface area contributed by atoms with Crippen molar-refractivity contribution in [3.63, 3.8) is 0 Å². The Morgan fingerprint density at radius 1 is 1.17 bits per heavy atom. The van der Waals surface area contributed by atoms with Crippen molar-refractivity contribution in [2.75, 3.05) is 13.7 Å². The molecule has 2 aromatic carbocycles. The van der Waals surface area contributed by atoms with Gasteiger partial charge in [-0.2, -0.15) is 4.31 Å². The van der Waals surface area contributed by atoms with Crippen LogP contribution in [-0.2, 0) is 27.8 Å². The molecule has 0 saturated carbocycles. The van der Waals surface area contributed by atoms with Crippen LogP contribution in [0.1, 0.15) is 12.0 Å². The molecule has 0 unspecified atom stereocenters. The Balaban J connectivity index is 1.95. The van der Waals surface area contributed by atoms with Gasteiger partial charge in [-0.05, 0) is 42.3 Å². The van der Waals surface area contributed by atoms with Crippen LogP contribution in [0.25, 0.3) is 10.9 Å². The standard InChI is InChI=1S/C21H23FN2O4S/c1-23(29(27,28)19-8-6-17(22)7-9-19)18(11-13-26)15-24-14-16(10-12-25)20-4-2-3-5-21(20)24/h2-9,12,14,18,26H,10-11,13,15H2,1H3/t18-/m1/s1. The predicted molar refractivity (Wildman–Crippen MR) is 109 cm³/mol. The highest BCUT2D eigenvalue weighted by molar-refractivity contribution is 7.89. The molecular formula is C21H23FN2O4S. The second kappa shape index (κ2) is 8.86. The van der Waals surface area contributed by atoms with Gasteiger partial charge in [0, 0.05) is 49.8 Å². The second-order valence-electron chi connectivity index (χ2n) is 6.84. The lowest BCUT2D eigenvalue weighted by molar-refractivity contribution is -0.107. The Bertz CT molecular complexity index is 1090. The smallest absolute Gasteiger partial charge is 0.243 e. The molecule has 29 heavy (non-hydrogen) atoms. The average molecular weight is 418 g/mol. The minimum absolute atomic E-state index is 0.0108. The summed E-state index contributed by atoms with van der Waals surface area (Å²) in [4.78, 5) is 11.0. The van der Waals surface area contributed by atoms with Gasteiger partial charge >= 0.3 is 0 Å². The average Bonchev–Trinajstić information content (AvgIpc) is 3.05. The first kappa shape index (κ1) is 21.2. The third-order valence-corrected chi connectivity index (χ3v) is 6.97. The zero-order valence-electron chi connectivity index (χ0n) is 16.0. The number of benzene rings is 2. The molecule has 0 radical (unpaired) electrons. The monoisotopic (exact) mass is 418 g/mol. The number of carbonyl (C=O) groups is 1. The lowest BCUT2D eigenvalue weighted by Gasteiger charge is -2.28. The number of aldehydes is 1. The summed E-state index contributed by atoms with van der Waals surface area (Å²) in [6.07, 6.45) is 3.18. The molecule has 0 aliphatic carbocycles. The van der Waals surface area contributed by atoms with Crippen molar-refractivity contribution in [2.45, 2.75) is 30.3 Å². The van der Waals surface area contributed by atoms with Crippen LogP contribution >= 0.6 is 0 Å². The molecular weight excluding hydrogens is 395 g/mol. The normalized spacial score (nSPS) is 13.1. The number of aromatic nitrogens is 1. The van der Waals surface area contributed by atoms with E-state index in [1.165, 1.54) is 23.5 Å².